The fourth-order valence-electron chi connectivity index (χ4n) is 4.41. The highest BCUT2D eigenvalue weighted by Crippen LogP contribution is 2.22. The number of rotatable bonds is 6. The molecule has 6 aromatic rings. The molecule has 0 unspecified atom stereocenters. The van der Waals surface area contributed by atoms with E-state index in [0.717, 1.165) is 27.4 Å². The van der Waals surface area contributed by atoms with Crippen molar-refractivity contribution in [2.45, 2.75) is 0 Å². The van der Waals surface area contributed by atoms with E-state index >= 15 is 0 Å². The molecule has 0 spiro atoms. The third-order valence-electron chi connectivity index (χ3n) is 6.29. The lowest BCUT2D eigenvalue weighted by Crippen LogP contribution is -2.12. The Labute approximate surface area is 212 Å². The average molecular weight is 483 g/mol. The van der Waals surface area contributed by atoms with Crippen LogP contribution in [0.5, 0.6) is 0 Å². The van der Waals surface area contributed by atoms with E-state index in [4.69, 9.17) is 0 Å². The quantitative estimate of drug-likeness (QED) is 0.262. The molecule has 4 aromatic carbocycles. The predicted molar refractivity (Wildman–Crippen MR) is 148 cm³/mol. The Morgan fingerprint density at radius 2 is 1.68 bits per heavy atom. The normalized spacial score (nSPS) is 11.4. The van der Waals surface area contributed by atoms with Gasteiger partial charge in [0, 0.05) is 51.1 Å². The molecule has 0 saturated heterocycles. The van der Waals surface area contributed by atoms with Gasteiger partial charge in [-0.3, -0.25) is 9.59 Å². The van der Waals surface area contributed by atoms with Gasteiger partial charge < -0.3 is 10.3 Å². The van der Waals surface area contributed by atoms with E-state index in [9.17, 15) is 9.59 Å². The summed E-state index contributed by atoms with van der Waals surface area (Å²) in [4.78, 5) is 29.5. The molecular formula is C31H22N4O2. The van der Waals surface area contributed by atoms with Gasteiger partial charge in [-0.05, 0) is 48.0 Å². The van der Waals surface area contributed by atoms with Crippen LogP contribution in [0, 0.1) is 0 Å². The zero-order chi connectivity index (χ0) is 25.2. The Morgan fingerprint density at radius 1 is 0.838 bits per heavy atom. The van der Waals surface area contributed by atoms with E-state index in [-0.39, 0.29) is 11.7 Å². The highest BCUT2D eigenvalue weighted by molar-refractivity contribution is 6.14. The van der Waals surface area contributed by atoms with Crippen LogP contribution in [0.4, 0.5) is 5.69 Å². The molecule has 2 aromatic heterocycles. The second-order valence-corrected chi connectivity index (χ2v) is 8.70. The minimum Gasteiger partial charge on any atom is -0.361 e. The lowest BCUT2D eigenvalue weighted by atomic mass is 10.0. The lowest BCUT2D eigenvalue weighted by Gasteiger charge is -2.09. The molecule has 0 saturated carbocycles. The predicted octanol–water partition coefficient (Wildman–Crippen LogP) is 6.63. The van der Waals surface area contributed by atoms with Crippen LogP contribution in [0.1, 0.15) is 31.8 Å². The van der Waals surface area contributed by atoms with E-state index in [1.807, 2.05) is 72.9 Å². The van der Waals surface area contributed by atoms with Crippen molar-refractivity contribution in [2.75, 3.05) is 5.32 Å². The van der Waals surface area contributed by atoms with Gasteiger partial charge in [0.15, 0.2) is 5.78 Å². The van der Waals surface area contributed by atoms with Crippen LogP contribution in [0.25, 0.3) is 34.1 Å². The molecule has 0 aliphatic heterocycles. The fraction of sp³-hybridized carbons (Fsp3) is 0. The number of aromatic amines is 1. The van der Waals surface area contributed by atoms with Crippen molar-refractivity contribution in [1.29, 1.82) is 0 Å². The van der Waals surface area contributed by atoms with Gasteiger partial charge in [0.25, 0.3) is 5.91 Å². The Kier molecular flexibility index (Phi) is 5.67. The molecular weight excluding hydrogens is 460 g/mol. The van der Waals surface area contributed by atoms with E-state index in [0.29, 0.717) is 22.4 Å². The van der Waals surface area contributed by atoms with Crippen LogP contribution < -0.4 is 5.32 Å². The van der Waals surface area contributed by atoms with E-state index in [2.05, 4.69) is 15.4 Å². The van der Waals surface area contributed by atoms with Gasteiger partial charge >= 0.3 is 0 Å². The molecule has 0 radical (unpaired) electrons. The van der Waals surface area contributed by atoms with E-state index in [1.54, 1.807) is 53.5 Å². The molecule has 0 aliphatic carbocycles. The molecule has 0 fully saturated rings. The number of aromatic nitrogens is 3. The zero-order valence-corrected chi connectivity index (χ0v) is 19.8. The first kappa shape index (κ1) is 22.2. The minimum atomic E-state index is -0.231. The van der Waals surface area contributed by atoms with Crippen molar-refractivity contribution in [1.82, 2.24) is 14.8 Å². The number of hydrogen-bond acceptors (Lipinski definition) is 3. The maximum absolute atomic E-state index is 13.4. The summed E-state index contributed by atoms with van der Waals surface area (Å²) >= 11 is 0. The summed E-state index contributed by atoms with van der Waals surface area (Å²) in [5.41, 5.74) is 4.95. The summed E-state index contributed by atoms with van der Waals surface area (Å²) in [6.45, 7) is 0. The van der Waals surface area contributed by atoms with Gasteiger partial charge in [0.2, 0.25) is 0 Å². The van der Waals surface area contributed by atoms with Crippen LogP contribution >= 0.6 is 0 Å². The van der Waals surface area contributed by atoms with Crippen molar-refractivity contribution in [3.8, 4) is 0 Å². The van der Waals surface area contributed by atoms with Gasteiger partial charge in [0.05, 0.1) is 11.7 Å². The maximum atomic E-state index is 13.4. The Hall–Kier alpha value is -5.23. The monoisotopic (exact) mass is 482 g/mol. The molecule has 0 bridgehead atoms. The molecule has 0 atom stereocenters. The number of ketones is 1. The number of carbonyl (C=O) groups is 2. The topological polar surface area (TPSA) is 79.8 Å². The number of amides is 1. The molecule has 37 heavy (non-hydrogen) atoms. The number of nitrogens with one attached hydrogen (secondary N) is 2. The molecule has 2 heterocycles. The second-order valence-electron chi connectivity index (χ2n) is 8.70. The van der Waals surface area contributed by atoms with Crippen molar-refractivity contribution in [3.05, 3.63) is 132 Å². The Morgan fingerprint density at radius 3 is 2.57 bits per heavy atom. The fourth-order valence-corrected chi connectivity index (χ4v) is 4.41. The Balaban J connectivity index is 1.26. The van der Waals surface area contributed by atoms with Crippen LogP contribution in [0.3, 0.4) is 0 Å². The summed E-state index contributed by atoms with van der Waals surface area (Å²) in [5.74, 6) is -0.365. The van der Waals surface area contributed by atoms with Gasteiger partial charge in [-0.25, -0.2) is 4.68 Å². The minimum absolute atomic E-state index is 0.134. The smallest absolute Gasteiger partial charge is 0.256 e. The number of fused-ring (bicyclic) bond motifs is 2. The molecule has 6 heteroatoms. The number of carbonyl (C=O) groups excluding carboxylic acids is 2. The third kappa shape index (κ3) is 4.44. The van der Waals surface area contributed by atoms with Crippen LogP contribution in [0.2, 0.25) is 0 Å². The van der Waals surface area contributed by atoms with Crippen LogP contribution in [-0.2, 0) is 0 Å². The summed E-state index contributed by atoms with van der Waals surface area (Å²) in [5, 5.41) is 9.16. The number of benzene rings is 4. The zero-order valence-electron chi connectivity index (χ0n) is 19.8. The first-order valence-corrected chi connectivity index (χ1v) is 11.9. The molecule has 2 N–H and O–H groups in total. The Bertz CT molecular complexity index is 1790. The molecule has 6 rings (SSSR count). The standard InChI is InChI=1S/C31H22N4O2/c36-30(23-12-13-24-20-33-35(29(24)19-23)17-15-21-6-2-1-3-7-21)22-8-4-9-25(18-22)34-31(37)27-10-5-11-28-26(27)14-16-32-28/h1-20,32H,(H,34,37). The number of H-pyrrole nitrogens is 1. The number of nitrogens with zero attached hydrogens (tertiary/aromatic N) is 2. The second kappa shape index (κ2) is 9.43. The van der Waals surface area contributed by atoms with E-state index < -0.39 is 0 Å². The first-order chi connectivity index (χ1) is 18.2. The maximum Gasteiger partial charge on any atom is 0.256 e. The number of hydrogen-bond donors (Lipinski definition) is 2. The summed E-state index contributed by atoms with van der Waals surface area (Å²) < 4.78 is 1.76. The number of anilines is 1. The molecule has 178 valence electrons. The van der Waals surface area contributed by atoms with Crippen LogP contribution in [-0.4, -0.2) is 26.5 Å². The van der Waals surface area contributed by atoms with E-state index in [1.165, 1.54) is 0 Å². The van der Waals surface area contributed by atoms with Gasteiger partial charge in [-0.15, -0.1) is 0 Å². The summed E-state index contributed by atoms with van der Waals surface area (Å²) in [6.07, 6.45) is 7.44. The first-order valence-electron chi connectivity index (χ1n) is 11.9. The van der Waals surface area contributed by atoms with Crippen molar-refractivity contribution < 1.29 is 9.59 Å². The SMILES string of the molecule is O=C(c1cccc(NC(=O)c2cccc3[nH]ccc23)c1)c1ccc2cnn(C=Cc3ccccc3)c2c1. The molecule has 6 nitrogen and oxygen atoms in total. The highest BCUT2D eigenvalue weighted by Gasteiger charge is 2.14. The third-order valence-corrected chi connectivity index (χ3v) is 6.29. The molecule has 0 aliphatic rings. The van der Waals surface area contributed by atoms with Crippen molar-refractivity contribution >= 4 is 51.5 Å². The van der Waals surface area contributed by atoms with Crippen molar-refractivity contribution in [2.24, 2.45) is 0 Å². The van der Waals surface area contributed by atoms with Gasteiger partial charge in [-0.2, -0.15) is 5.10 Å². The lowest BCUT2D eigenvalue weighted by molar-refractivity contribution is 0.102. The molecule has 1 amide bonds. The highest BCUT2D eigenvalue weighted by atomic mass is 16.1. The average Bonchev–Trinajstić information content (AvgIpc) is 3.59. The van der Waals surface area contributed by atoms with Gasteiger partial charge in [-0.1, -0.05) is 60.7 Å². The van der Waals surface area contributed by atoms with Crippen LogP contribution in [0.15, 0.2) is 109 Å². The largest absolute Gasteiger partial charge is 0.361 e. The van der Waals surface area contributed by atoms with Gasteiger partial charge in [0.1, 0.15) is 0 Å². The summed E-state index contributed by atoms with van der Waals surface area (Å²) in [7, 11) is 0. The van der Waals surface area contributed by atoms with Crippen molar-refractivity contribution in [3.63, 3.8) is 0 Å². The summed E-state index contributed by atoms with van der Waals surface area (Å²) in [6, 6.07) is 29.9.